The standard InChI is InChI=1S/C58H48N2O2/c1-41-39-55(61-3)35-37-57(41)59(51-27-19-47(20-28-51)43-11-7-5-8-12-43)53-31-23-49(24-32-53)45-15-17-46(18-16-45)50-25-33-54(34-26-50)60(58-38-36-56(62-4)40-42(58)2)52-29-21-48(22-30-52)44-13-9-6-10-14-44/h5-40H,1-4H3. The Balaban J connectivity index is 0.975. The largest absolute Gasteiger partial charge is 0.497 e. The second-order valence-corrected chi connectivity index (χ2v) is 15.5. The summed E-state index contributed by atoms with van der Waals surface area (Å²) in [6.07, 6.45) is 0. The fourth-order valence-electron chi connectivity index (χ4n) is 8.19. The average Bonchev–Trinajstić information content (AvgIpc) is 3.34. The minimum absolute atomic E-state index is 0.843. The molecule has 4 heteroatoms. The van der Waals surface area contributed by atoms with Gasteiger partial charge in [-0.25, -0.2) is 0 Å². The number of hydrogen-bond acceptors (Lipinski definition) is 4. The number of anilines is 6. The first-order chi connectivity index (χ1) is 30.4. The highest BCUT2D eigenvalue weighted by molar-refractivity contribution is 5.84. The van der Waals surface area contributed by atoms with Gasteiger partial charge in [-0.1, -0.05) is 133 Å². The van der Waals surface area contributed by atoms with Gasteiger partial charge in [-0.05, 0) is 154 Å². The summed E-state index contributed by atoms with van der Waals surface area (Å²) in [7, 11) is 3.42. The van der Waals surface area contributed by atoms with Gasteiger partial charge >= 0.3 is 0 Å². The Morgan fingerprint density at radius 1 is 0.274 bits per heavy atom. The lowest BCUT2D eigenvalue weighted by molar-refractivity contribution is 0.414. The van der Waals surface area contributed by atoms with Crippen LogP contribution in [0.1, 0.15) is 11.1 Å². The second-order valence-electron chi connectivity index (χ2n) is 15.5. The predicted octanol–water partition coefficient (Wildman–Crippen LogP) is 15.9. The Hall–Kier alpha value is -7.82. The summed E-state index contributed by atoms with van der Waals surface area (Å²) in [6.45, 7) is 4.27. The molecule has 0 aromatic heterocycles. The van der Waals surface area contributed by atoms with Gasteiger partial charge in [0.2, 0.25) is 0 Å². The molecule has 0 fully saturated rings. The lowest BCUT2D eigenvalue weighted by Crippen LogP contribution is -2.11. The van der Waals surface area contributed by atoms with Crippen LogP contribution in [0.15, 0.2) is 218 Å². The molecule has 9 rings (SSSR count). The maximum atomic E-state index is 5.56. The van der Waals surface area contributed by atoms with Crippen LogP contribution < -0.4 is 19.3 Å². The van der Waals surface area contributed by atoms with E-state index in [1.807, 2.05) is 12.1 Å². The first-order valence-corrected chi connectivity index (χ1v) is 21.0. The zero-order chi connectivity index (χ0) is 42.4. The van der Waals surface area contributed by atoms with Crippen LogP contribution in [-0.4, -0.2) is 14.2 Å². The summed E-state index contributed by atoms with van der Waals surface area (Å²) in [4.78, 5) is 4.63. The van der Waals surface area contributed by atoms with Gasteiger partial charge in [-0.15, -0.1) is 0 Å². The third-order valence-electron chi connectivity index (χ3n) is 11.6. The van der Waals surface area contributed by atoms with E-state index in [0.717, 1.165) is 79.0 Å². The van der Waals surface area contributed by atoms with Gasteiger partial charge in [0.25, 0.3) is 0 Å². The Morgan fingerprint density at radius 2 is 0.516 bits per heavy atom. The summed E-state index contributed by atoms with van der Waals surface area (Å²) in [6, 6.07) is 77.7. The number of aryl methyl sites for hydroxylation is 2. The molecule has 0 amide bonds. The fraction of sp³-hybridized carbons (Fsp3) is 0.0690. The van der Waals surface area contributed by atoms with Crippen LogP contribution in [0.5, 0.6) is 11.5 Å². The van der Waals surface area contributed by atoms with Gasteiger partial charge < -0.3 is 19.3 Å². The predicted molar refractivity (Wildman–Crippen MR) is 260 cm³/mol. The summed E-state index contributed by atoms with van der Waals surface area (Å²) >= 11 is 0. The van der Waals surface area contributed by atoms with Crippen molar-refractivity contribution in [2.45, 2.75) is 13.8 Å². The summed E-state index contributed by atoms with van der Waals surface area (Å²) in [5.74, 6) is 1.69. The molecule has 0 atom stereocenters. The molecule has 0 saturated heterocycles. The number of hydrogen-bond donors (Lipinski definition) is 0. The molecule has 0 aliphatic carbocycles. The third kappa shape index (κ3) is 8.32. The van der Waals surface area contributed by atoms with Crippen LogP contribution in [-0.2, 0) is 0 Å². The number of rotatable bonds is 12. The maximum absolute atomic E-state index is 5.56. The van der Waals surface area contributed by atoms with Crippen LogP contribution in [0.3, 0.4) is 0 Å². The van der Waals surface area contributed by atoms with Crippen molar-refractivity contribution in [3.8, 4) is 56.0 Å². The molecular formula is C58H48N2O2. The third-order valence-corrected chi connectivity index (χ3v) is 11.6. The number of ether oxygens (including phenoxy) is 2. The minimum Gasteiger partial charge on any atom is -0.497 e. The molecule has 9 aromatic carbocycles. The summed E-state index contributed by atoms with van der Waals surface area (Å²) in [5, 5.41) is 0. The van der Waals surface area contributed by atoms with E-state index < -0.39 is 0 Å². The normalized spacial score (nSPS) is 10.9. The average molecular weight is 805 g/mol. The van der Waals surface area contributed by atoms with E-state index in [-0.39, 0.29) is 0 Å². The molecule has 0 aliphatic heterocycles. The second kappa shape index (κ2) is 17.8. The molecular weight excluding hydrogens is 757 g/mol. The van der Waals surface area contributed by atoms with Gasteiger partial charge in [0.1, 0.15) is 11.5 Å². The van der Waals surface area contributed by atoms with Crippen molar-refractivity contribution >= 4 is 34.1 Å². The summed E-state index contributed by atoms with van der Waals surface area (Å²) < 4.78 is 11.1. The van der Waals surface area contributed by atoms with Crippen LogP contribution in [0.2, 0.25) is 0 Å². The maximum Gasteiger partial charge on any atom is 0.119 e. The Kier molecular flexibility index (Phi) is 11.4. The Bertz CT molecular complexity index is 2690. The van der Waals surface area contributed by atoms with Crippen molar-refractivity contribution in [2.75, 3.05) is 24.0 Å². The van der Waals surface area contributed by atoms with Crippen LogP contribution in [0, 0.1) is 13.8 Å². The Labute approximate surface area is 365 Å². The van der Waals surface area contributed by atoms with Gasteiger partial charge in [0, 0.05) is 34.1 Å². The van der Waals surface area contributed by atoms with Crippen molar-refractivity contribution in [3.05, 3.63) is 230 Å². The molecule has 9 aromatic rings. The van der Waals surface area contributed by atoms with Crippen molar-refractivity contribution in [1.82, 2.24) is 0 Å². The number of methoxy groups -OCH3 is 2. The zero-order valence-corrected chi connectivity index (χ0v) is 35.5. The molecule has 0 heterocycles. The molecule has 0 radical (unpaired) electrons. The van der Waals surface area contributed by atoms with Gasteiger partial charge in [0.05, 0.1) is 14.2 Å². The smallest absolute Gasteiger partial charge is 0.119 e. The lowest BCUT2D eigenvalue weighted by Gasteiger charge is -2.28. The van der Waals surface area contributed by atoms with E-state index in [1.165, 1.54) is 22.3 Å². The topological polar surface area (TPSA) is 24.9 Å². The Morgan fingerprint density at radius 3 is 0.758 bits per heavy atom. The fourth-order valence-corrected chi connectivity index (χ4v) is 8.19. The highest BCUT2D eigenvalue weighted by Gasteiger charge is 2.18. The van der Waals surface area contributed by atoms with Crippen molar-refractivity contribution in [1.29, 1.82) is 0 Å². The first-order valence-electron chi connectivity index (χ1n) is 21.0. The van der Waals surface area contributed by atoms with E-state index in [0.29, 0.717) is 0 Å². The monoisotopic (exact) mass is 804 g/mol. The number of benzene rings is 9. The van der Waals surface area contributed by atoms with E-state index >= 15 is 0 Å². The minimum atomic E-state index is 0.843. The van der Waals surface area contributed by atoms with E-state index in [4.69, 9.17) is 9.47 Å². The quantitative estimate of drug-likeness (QED) is 0.123. The van der Waals surface area contributed by atoms with Gasteiger partial charge in [0.15, 0.2) is 0 Å². The van der Waals surface area contributed by atoms with E-state index in [9.17, 15) is 0 Å². The molecule has 62 heavy (non-hydrogen) atoms. The molecule has 302 valence electrons. The van der Waals surface area contributed by atoms with Crippen molar-refractivity contribution in [3.63, 3.8) is 0 Å². The molecule has 4 nitrogen and oxygen atoms in total. The van der Waals surface area contributed by atoms with Crippen LogP contribution >= 0.6 is 0 Å². The highest BCUT2D eigenvalue weighted by atomic mass is 16.5. The number of nitrogens with zero attached hydrogens (tertiary/aromatic N) is 2. The molecule has 0 bridgehead atoms. The first kappa shape index (κ1) is 39.6. The van der Waals surface area contributed by atoms with Crippen LogP contribution in [0.4, 0.5) is 34.1 Å². The molecule has 0 spiro atoms. The van der Waals surface area contributed by atoms with Gasteiger partial charge in [-0.2, -0.15) is 0 Å². The lowest BCUT2D eigenvalue weighted by atomic mass is 9.99. The van der Waals surface area contributed by atoms with E-state index in [2.05, 4.69) is 230 Å². The van der Waals surface area contributed by atoms with Crippen molar-refractivity contribution in [2.24, 2.45) is 0 Å². The van der Waals surface area contributed by atoms with E-state index in [1.54, 1.807) is 14.2 Å². The molecule has 0 unspecified atom stereocenters. The molecule has 0 N–H and O–H groups in total. The SMILES string of the molecule is COc1ccc(N(c2ccc(-c3ccccc3)cc2)c2ccc(-c3ccc(-c4ccc(N(c5ccc(-c6ccccc6)cc5)c5ccc(OC)cc5C)cc4)cc3)cc2)c(C)c1. The van der Waals surface area contributed by atoms with Crippen LogP contribution in [0.25, 0.3) is 44.5 Å². The summed E-state index contributed by atoms with van der Waals surface area (Å²) in [5.41, 5.74) is 18.2. The highest BCUT2D eigenvalue weighted by Crippen LogP contribution is 2.41. The zero-order valence-electron chi connectivity index (χ0n) is 35.5. The van der Waals surface area contributed by atoms with Gasteiger partial charge in [-0.3, -0.25) is 0 Å². The van der Waals surface area contributed by atoms with Crippen molar-refractivity contribution < 1.29 is 9.47 Å². The molecule has 0 saturated carbocycles. The molecule has 0 aliphatic rings.